The molecular weight excluding hydrogens is 495 g/mol. The molecule has 32 heavy (non-hydrogen) atoms. The Morgan fingerprint density at radius 2 is 1.84 bits per heavy atom. The number of halogens is 3. The van der Waals surface area contributed by atoms with Gasteiger partial charge in [-0.05, 0) is 44.5 Å². The number of carbonyl (C=O) groups is 1. The van der Waals surface area contributed by atoms with E-state index in [4.69, 9.17) is 4.42 Å². The largest absolute Gasteiger partial charge is 0.420 e. The summed E-state index contributed by atoms with van der Waals surface area (Å²) in [6, 6.07) is 4.18. The summed E-state index contributed by atoms with van der Waals surface area (Å²) < 4.78 is 5.94. The van der Waals surface area contributed by atoms with E-state index in [9.17, 15) is 4.79 Å². The second kappa shape index (κ2) is 12.4. The Labute approximate surface area is 210 Å². The summed E-state index contributed by atoms with van der Waals surface area (Å²) in [4.78, 5) is 21.2. The van der Waals surface area contributed by atoms with Crippen LogP contribution in [-0.2, 0) is 4.79 Å². The second-order valence-corrected chi connectivity index (χ2v) is 9.06. The lowest BCUT2D eigenvalue weighted by molar-refractivity contribution is -0.131. The molecule has 1 amide bonds. The number of thioether (sulfide) groups is 1. The lowest BCUT2D eigenvalue weighted by Crippen LogP contribution is -2.42. The van der Waals surface area contributed by atoms with Gasteiger partial charge < -0.3 is 14.6 Å². The zero-order valence-corrected chi connectivity index (χ0v) is 20.9. The van der Waals surface area contributed by atoms with E-state index in [0.717, 1.165) is 68.5 Å². The van der Waals surface area contributed by atoms with Crippen LogP contribution in [0, 0.1) is 0 Å². The van der Waals surface area contributed by atoms with Crippen LogP contribution in [0.5, 0.6) is 0 Å². The summed E-state index contributed by atoms with van der Waals surface area (Å²) in [6.45, 7) is 3.80. The SMILES string of the molecule is Cl.Cl.Cl.O=C([C@@H]1C[C@H](N2CCC(c3nnc(-c4ccncc4)o3)CC2)CN1)N1CCSC1. The molecule has 0 aliphatic carbocycles. The highest BCUT2D eigenvalue weighted by molar-refractivity contribution is 7.99. The summed E-state index contributed by atoms with van der Waals surface area (Å²) in [5.41, 5.74) is 0.903. The van der Waals surface area contributed by atoms with Crippen molar-refractivity contribution in [3.8, 4) is 11.5 Å². The number of aromatic nitrogens is 3. The molecule has 3 aliphatic heterocycles. The van der Waals surface area contributed by atoms with Crippen molar-refractivity contribution < 1.29 is 9.21 Å². The number of carbonyl (C=O) groups excluding carboxylic acids is 1. The summed E-state index contributed by atoms with van der Waals surface area (Å²) in [5.74, 6) is 3.80. The first-order valence-corrected chi connectivity index (χ1v) is 11.5. The number of likely N-dealkylation sites (tertiary alicyclic amines) is 1. The molecule has 5 heterocycles. The maximum absolute atomic E-state index is 12.6. The van der Waals surface area contributed by atoms with E-state index in [0.29, 0.717) is 17.9 Å². The standard InChI is InChI=1S/C20H26N6O2S.3ClH/c27-20(26-9-10-29-13-26)17-11-16(12-22-17)25-7-3-15(4-8-25)19-24-23-18(28-19)14-1-5-21-6-2-14;;;/h1-2,5-6,15-17,22H,3-4,7-13H2;3*1H/t16-,17-;;;/m0.../s1. The van der Waals surface area contributed by atoms with Crippen molar-refractivity contribution in [3.05, 3.63) is 30.4 Å². The van der Waals surface area contributed by atoms with Gasteiger partial charge in [-0.3, -0.25) is 14.7 Å². The van der Waals surface area contributed by atoms with E-state index < -0.39 is 0 Å². The number of rotatable bonds is 4. The Kier molecular flexibility index (Phi) is 10.5. The Hall–Kier alpha value is -1.10. The van der Waals surface area contributed by atoms with Crippen LogP contribution < -0.4 is 5.32 Å². The third-order valence-corrected chi connectivity index (χ3v) is 7.20. The van der Waals surface area contributed by atoms with Crippen molar-refractivity contribution in [3.63, 3.8) is 0 Å². The molecule has 3 aliphatic rings. The average molecular weight is 524 g/mol. The molecular formula is C20H29Cl3N6O2S. The predicted molar refractivity (Wildman–Crippen MR) is 132 cm³/mol. The quantitative estimate of drug-likeness (QED) is 0.655. The Morgan fingerprint density at radius 1 is 1.09 bits per heavy atom. The molecule has 2 aromatic heterocycles. The summed E-state index contributed by atoms with van der Waals surface area (Å²) in [6.07, 6.45) is 6.39. The van der Waals surface area contributed by atoms with Crippen LogP contribution in [0.15, 0.2) is 28.9 Å². The number of hydrogen-bond donors (Lipinski definition) is 1. The minimum atomic E-state index is -0.0183. The van der Waals surface area contributed by atoms with Crippen molar-refractivity contribution in [1.29, 1.82) is 0 Å². The first-order valence-electron chi connectivity index (χ1n) is 10.4. The number of hydrogen-bond acceptors (Lipinski definition) is 8. The van der Waals surface area contributed by atoms with Gasteiger partial charge in [0.15, 0.2) is 0 Å². The van der Waals surface area contributed by atoms with Crippen molar-refractivity contribution >= 4 is 54.9 Å². The van der Waals surface area contributed by atoms with Crippen LogP contribution in [0.4, 0.5) is 0 Å². The number of pyridine rings is 1. The third-order valence-electron chi connectivity index (χ3n) is 6.23. The molecule has 3 saturated heterocycles. The van der Waals surface area contributed by atoms with Gasteiger partial charge in [0.25, 0.3) is 0 Å². The molecule has 0 saturated carbocycles. The zero-order valence-electron chi connectivity index (χ0n) is 17.6. The minimum absolute atomic E-state index is 0. The van der Waals surface area contributed by atoms with Crippen molar-refractivity contribution in [1.82, 2.24) is 30.3 Å². The van der Waals surface area contributed by atoms with Crippen LogP contribution in [-0.4, -0.2) is 80.8 Å². The summed E-state index contributed by atoms with van der Waals surface area (Å²) in [7, 11) is 0. The third kappa shape index (κ3) is 5.87. The average Bonchev–Trinajstić information content (AvgIpc) is 3.56. The molecule has 0 aromatic carbocycles. The first-order chi connectivity index (χ1) is 14.3. The van der Waals surface area contributed by atoms with Crippen molar-refractivity contribution in [2.45, 2.75) is 37.3 Å². The molecule has 5 rings (SSSR count). The summed E-state index contributed by atoms with van der Waals surface area (Å²) in [5, 5.41) is 12.0. The molecule has 8 nitrogen and oxygen atoms in total. The van der Waals surface area contributed by atoms with E-state index >= 15 is 0 Å². The highest BCUT2D eigenvalue weighted by Gasteiger charge is 2.37. The fourth-order valence-electron chi connectivity index (χ4n) is 4.51. The van der Waals surface area contributed by atoms with Gasteiger partial charge in [0.05, 0.1) is 11.9 Å². The van der Waals surface area contributed by atoms with E-state index in [1.54, 1.807) is 12.4 Å². The van der Waals surface area contributed by atoms with Gasteiger partial charge >= 0.3 is 0 Å². The predicted octanol–water partition coefficient (Wildman–Crippen LogP) is 2.84. The number of nitrogens with zero attached hydrogens (tertiary/aromatic N) is 5. The van der Waals surface area contributed by atoms with Gasteiger partial charge in [0.1, 0.15) is 0 Å². The lowest BCUT2D eigenvalue weighted by Gasteiger charge is -2.34. The molecule has 0 unspecified atom stereocenters. The maximum atomic E-state index is 12.6. The second-order valence-electron chi connectivity index (χ2n) is 7.98. The fraction of sp³-hybridized carbons (Fsp3) is 0.600. The number of nitrogens with one attached hydrogen (secondary N) is 1. The van der Waals surface area contributed by atoms with Crippen molar-refractivity contribution in [2.24, 2.45) is 0 Å². The molecule has 0 spiro atoms. The molecule has 0 radical (unpaired) electrons. The minimum Gasteiger partial charge on any atom is -0.420 e. The lowest BCUT2D eigenvalue weighted by atomic mass is 9.95. The molecule has 2 atom stereocenters. The number of amides is 1. The van der Waals surface area contributed by atoms with Crippen LogP contribution >= 0.6 is 49.0 Å². The van der Waals surface area contributed by atoms with E-state index in [-0.39, 0.29) is 49.2 Å². The molecule has 3 fully saturated rings. The maximum Gasteiger partial charge on any atom is 0.247 e. The summed E-state index contributed by atoms with van der Waals surface area (Å²) >= 11 is 1.84. The monoisotopic (exact) mass is 522 g/mol. The molecule has 1 N–H and O–H groups in total. The van der Waals surface area contributed by atoms with Crippen molar-refractivity contribution in [2.75, 3.05) is 37.8 Å². The smallest absolute Gasteiger partial charge is 0.247 e. The van der Waals surface area contributed by atoms with Gasteiger partial charge in [-0.15, -0.1) is 59.2 Å². The first kappa shape index (κ1) is 27.1. The fourth-order valence-corrected chi connectivity index (χ4v) is 5.47. The van der Waals surface area contributed by atoms with E-state index in [1.807, 2.05) is 28.8 Å². The Balaban J connectivity index is 0.00000121. The highest BCUT2D eigenvalue weighted by atomic mass is 35.5. The topological polar surface area (TPSA) is 87.4 Å². The van der Waals surface area contributed by atoms with Gasteiger partial charge in [-0.1, -0.05) is 0 Å². The Morgan fingerprint density at radius 3 is 2.53 bits per heavy atom. The van der Waals surface area contributed by atoms with E-state index in [1.165, 1.54) is 0 Å². The molecule has 0 bridgehead atoms. The molecule has 2 aromatic rings. The molecule has 178 valence electrons. The molecule has 12 heteroatoms. The van der Waals surface area contributed by atoms with E-state index in [2.05, 4.69) is 25.4 Å². The number of piperidine rings is 1. The van der Waals surface area contributed by atoms with Gasteiger partial charge in [-0.25, -0.2) is 0 Å². The Bertz CT molecular complexity index is 847. The van der Waals surface area contributed by atoms with Crippen LogP contribution in [0.2, 0.25) is 0 Å². The zero-order chi connectivity index (χ0) is 19.6. The highest BCUT2D eigenvalue weighted by Crippen LogP contribution is 2.31. The van der Waals surface area contributed by atoms with Gasteiger partial charge in [-0.2, -0.15) is 0 Å². The normalized spacial score (nSPS) is 23.8. The van der Waals surface area contributed by atoms with Crippen LogP contribution in [0.3, 0.4) is 0 Å². The van der Waals surface area contributed by atoms with Crippen LogP contribution in [0.25, 0.3) is 11.5 Å². The van der Waals surface area contributed by atoms with Gasteiger partial charge in [0.2, 0.25) is 17.7 Å². The van der Waals surface area contributed by atoms with Crippen LogP contribution in [0.1, 0.15) is 31.1 Å². The van der Waals surface area contributed by atoms with Gasteiger partial charge in [0, 0.05) is 48.8 Å².